The lowest BCUT2D eigenvalue weighted by Gasteiger charge is -2.42. The van der Waals surface area contributed by atoms with Crippen LogP contribution in [0.15, 0.2) is 82.7 Å². The van der Waals surface area contributed by atoms with Crippen molar-refractivity contribution in [1.29, 1.82) is 0 Å². The van der Waals surface area contributed by atoms with E-state index in [0.29, 0.717) is 197 Å². The highest BCUT2D eigenvalue weighted by molar-refractivity contribution is 6.39. The molecule has 7 heterocycles. The third-order valence-electron chi connectivity index (χ3n) is 23.5. The molecule has 0 spiro atoms. The number of nitrogens with one attached hydrogen (secondary N) is 2. The summed E-state index contributed by atoms with van der Waals surface area (Å²) in [5, 5.41) is 54.4. The number of allylic oxidation sites excluding steroid dienone is 6. The van der Waals surface area contributed by atoms with Gasteiger partial charge in [0, 0.05) is 108 Å². The number of cyclic esters (lactones) is 1. The number of hydrogen-bond acceptors (Lipinski definition) is 31. The van der Waals surface area contributed by atoms with E-state index in [1.165, 1.54) is 19.3 Å². The van der Waals surface area contributed by atoms with Crippen LogP contribution >= 0.6 is 0 Å². The molecule has 0 unspecified atom stereocenters. The normalized spacial score (nSPS) is 26.0. The number of unbranched alkanes of at least 4 members (excludes halogenated alkanes) is 2. The number of rotatable bonds is 41. The molecule has 1 saturated carbocycles. The summed E-state index contributed by atoms with van der Waals surface area (Å²) >= 11 is 0. The van der Waals surface area contributed by atoms with Gasteiger partial charge in [-0.25, -0.2) is 24.1 Å². The lowest BCUT2D eigenvalue weighted by molar-refractivity contribution is -0.265. The zero-order chi connectivity index (χ0) is 89.8. The third kappa shape index (κ3) is 31.0. The largest absolute Gasteiger partial charge is 0.459 e. The van der Waals surface area contributed by atoms with Crippen LogP contribution in [0, 0.1) is 29.6 Å². The van der Waals surface area contributed by atoms with Crippen LogP contribution in [0.2, 0.25) is 0 Å². The average molecular weight is 1750 g/mol. The van der Waals surface area contributed by atoms with Crippen LogP contribution in [-0.4, -0.2) is 281 Å². The molecule has 1 aliphatic carbocycles. The summed E-state index contributed by atoms with van der Waals surface area (Å²) in [6, 6.07) is 3.41. The predicted octanol–water partition coefficient (Wildman–Crippen LogP) is 6.56. The number of nitrogens with two attached hydrogens (primary N) is 3. The number of hydrogen-bond donors (Lipinski definition) is 8. The molecule has 11 N–H and O–H groups in total. The van der Waals surface area contributed by atoms with Gasteiger partial charge in [0.25, 0.3) is 17.7 Å². The van der Waals surface area contributed by atoms with E-state index in [9.17, 15) is 48.9 Å². The van der Waals surface area contributed by atoms with Gasteiger partial charge >= 0.3 is 5.97 Å². The number of Topliss-reactive ketones (excluding diaryl/α,β-unsaturated/α-hetero) is 3. The minimum Gasteiger partial charge on any atom is -0.459 e. The van der Waals surface area contributed by atoms with Crippen LogP contribution in [0.3, 0.4) is 0 Å². The monoisotopic (exact) mass is 1750 g/mol. The number of carbonyl (C=O) groups excluding carboxylic acids is 7. The quantitative estimate of drug-likeness (QED) is 0.00888. The van der Waals surface area contributed by atoms with Gasteiger partial charge in [0.05, 0.1) is 121 Å². The van der Waals surface area contributed by atoms with Crippen LogP contribution in [0.25, 0.3) is 33.4 Å². The van der Waals surface area contributed by atoms with Crippen molar-refractivity contribution < 1.29 is 105 Å². The van der Waals surface area contributed by atoms with Crippen molar-refractivity contribution in [2.75, 3.05) is 131 Å². The lowest BCUT2D eigenvalue weighted by Crippen LogP contribution is -2.61. The Morgan fingerprint density at radius 1 is 0.720 bits per heavy atom. The summed E-state index contributed by atoms with van der Waals surface area (Å²) < 4.78 is 73.4. The molecule has 5 aromatic rings. The standard InChI is InChI=1S/C89H134N14O22/c1-57-18-10-9-11-19-58(2)73(114-7)53-66-25-22-62(6)89(113,125-66)83(110)86(111)102-32-15-12-21-69(102)87(112)123-74(54-70(104)59(3)49-61(5)81(108)82(109)80(107)60(4)48-57)67(90)50-63-23-26-72(75(51-63)115-8)122-35-17-13-20-65-55-101(100-98-65)34-39-119-43-47-121-45-41-117-37-29-77(106)94-31-38-118-42-46-120-44-40-116-36-28-76(105)93-30-14-16-33-103-85-78(84(91)95-56-96-85)79(99-103)64-24-27-71-68(52-64)97-88(92)124-71/h9-11,18-19,24,27,49,52,55-57,59-60,62-63,66-67,69,72-75,81-82,108-109,113H,12-17,20-23,25-26,28-48,50-51,53-54,90H2,1-8H3,(H2,92,97)(H,93,105)(H,94,106)(H2,91,95,96)/b11-9?,18-10+,58-19?,61-49+/t57-,59-,60-,62-,63+,66+,67-,69+,72-,73+,74+,75-,81-,82+,89-/m1/s1. The fourth-order valence-electron chi connectivity index (χ4n) is 16.2. The number of fused-ring (bicyclic) bond motifs is 5. The second-order valence-corrected chi connectivity index (χ2v) is 33.2. The SMILES string of the molecule is CO[C@H]1C[C@@H]2CC[C@@H](C)[C@@](O)(O2)C(=O)C(=O)N2CCCC[C@H]2C(=O)O[C@H]([C@H](N)C[C@@H]2CC[C@@H](OCCCCc3cn(CCOCCOCCOCCC(=O)NCCOCCOCCOCCC(=O)NCCCCn4nc(-c5ccc6oc(N)nc6c5)c5c(N)ncnc54)nn3)[C@H](OC)C2)CC(=O)[C@H](C)/C=C(\C)[C@@H](O)[C@@H](O)C(=O)[C@H](C)C[C@H](C)/C=C/C=CC=C1C. The highest BCUT2D eigenvalue weighted by atomic mass is 16.6. The van der Waals surface area contributed by atoms with Crippen LogP contribution in [0.4, 0.5) is 11.8 Å². The molecule has 9 rings (SSSR count). The molecule has 2 saturated heterocycles. The number of nitrogens with zero attached hydrogens (tertiary/aromatic N) is 9. The molecule has 2 bridgehead atoms. The van der Waals surface area contributed by atoms with Crippen LogP contribution in [0.5, 0.6) is 0 Å². The fourth-order valence-corrected chi connectivity index (χ4v) is 16.2. The van der Waals surface area contributed by atoms with E-state index in [1.807, 2.05) is 62.6 Å². The summed E-state index contributed by atoms with van der Waals surface area (Å²) in [5.74, 6) is -8.88. The first-order valence-electron chi connectivity index (χ1n) is 44.3. The van der Waals surface area contributed by atoms with Crippen molar-refractivity contribution in [1.82, 2.24) is 55.3 Å². The minimum atomic E-state index is -2.49. The molecule has 1 aromatic carbocycles. The van der Waals surface area contributed by atoms with E-state index < -0.39 is 95.4 Å². The number of aromatic nitrogens is 8. The Hall–Kier alpha value is -8.73. The first-order chi connectivity index (χ1) is 60.2. The van der Waals surface area contributed by atoms with E-state index in [4.69, 9.17) is 78.8 Å². The zero-order valence-electron chi connectivity index (χ0n) is 74.0. The van der Waals surface area contributed by atoms with Gasteiger partial charge in [-0.2, -0.15) is 10.1 Å². The van der Waals surface area contributed by atoms with Gasteiger partial charge in [-0.3, -0.25) is 28.8 Å². The number of benzene rings is 1. The highest BCUT2D eigenvalue weighted by Crippen LogP contribution is 2.39. The molecule has 36 heteroatoms. The molecule has 3 aliphatic heterocycles. The van der Waals surface area contributed by atoms with Gasteiger partial charge < -0.3 is 105 Å². The fraction of sp³-hybridized carbons (Fsp3) is 0.674. The molecule has 3 amide bonds. The summed E-state index contributed by atoms with van der Waals surface area (Å²) in [7, 11) is 3.19. The second-order valence-electron chi connectivity index (χ2n) is 33.2. The van der Waals surface area contributed by atoms with Crippen molar-refractivity contribution >= 4 is 75.0 Å². The predicted molar refractivity (Wildman–Crippen MR) is 462 cm³/mol. The number of aliphatic hydroxyl groups excluding tert-OH is 2. The van der Waals surface area contributed by atoms with Crippen molar-refractivity contribution in [2.45, 2.75) is 237 Å². The molecule has 15 atom stereocenters. The number of piperidine rings is 1. The Labute approximate surface area is 731 Å². The number of amides is 3. The Morgan fingerprint density at radius 2 is 1.42 bits per heavy atom. The summed E-state index contributed by atoms with van der Waals surface area (Å²) in [4.78, 5) is 110. The number of aliphatic hydroxyl groups is 3. The maximum Gasteiger partial charge on any atom is 0.329 e. The number of ether oxygens (including phenoxy) is 11. The van der Waals surface area contributed by atoms with Crippen molar-refractivity contribution in [3.05, 3.63) is 84.0 Å². The molecule has 4 aliphatic rings. The first-order valence-corrected chi connectivity index (χ1v) is 44.3. The van der Waals surface area contributed by atoms with Crippen LogP contribution in [0.1, 0.15) is 163 Å². The van der Waals surface area contributed by atoms with E-state index in [2.05, 4.69) is 35.9 Å². The molecule has 3 fully saturated rings. The maximum absolute atomic E-state index is 14.7. The molecule has 0 radical (unpaired) electrons. The molecule has 4 aromatic heterocycles. The molecular weight excluding hydrogens is 1620 g/mol. The average Bonchev–Trinajstić information content (AvgIpc) is 1.63. The Morgan fingerprint density at radius 3 is 2.14 bits per heavy atom. The Balaban J connectivity index is 0.596. The van der Waals surface area contributed by atoms with E-state index in [1.54, 1.807) is 50.4 Å². The minimum absolute atomic E-state index is 0.0221. The number of anilines is 2. The highest BCUT2D eigenvalue weighted by Gasteiger charge is 2.53. The van der Waals surface area contributed by atoms with Crippen LogP contribution in [-0.2, 0) is 105 Å². The van der Waals surface area contributed by atoms with Crippen molar-refractivity contribution in [2.24, 2.45) is 35.3 Å². The number of esters is 1. The molecular formula is C89H134N14O22. The summed E-state index contributed by atoms with van der Waals surface area (Å²) in [6.45, 7) is 16.8. The number of nitrogen functional groups attached to an aromatic ring is 2. The van der Waals surface area contributed by atoms with E-state index in [-0.39, 0.29) is 99.3 Å². The molecule has 125 heavy (non-hydrogen) atoms. The Kier molecular flexibility index (Phi) is 41.5. The third-order valence-corrected chi connectivity index (χ3v) is 23.5. The van der Waals surface area contributed by atoms with Gasteiger partial charge in [0.1, 0.15) is 53.5 Å². The van der Waals surface area contributed by atoms with Gasteiger partial charge in [0.15, 0.2) is 17.0 Å². The maximum atomic E-state index is 14.7. The zero-order valence-corrected chi connectivity index (χ0v) is 74.0. The summed E-state index contributed by atoms with van der Waals surface area (Å²) in [6.07, 6.45) is 16.6. The van der Waals surface area contributed by atoms with E-state index >= 15 is 0 Å². The molecule has 36 nitrogen and oxygen atoms in total. The number of carbonyl (C=O) groups is 7. The molecule has 692 valence electrons. The number of oxazole rings is 1. The second kappa shape index (κ2) is 51.9. The van der Waals surface area contributed by atoms with Crippen molar-refractivity contribution in [3.8, 4) is 11.3 Å². The van der Waals surface area contributed by atoms with Crippen molar-refractivity contribution in [3.63, 3.8) is 0 Å². The number of ketones is 3. The number of aryl methyl sites for hydroxylation is 2. The van der Waals surface area contributed by atoms with E-state index in [0.717, 1.165) is 47.4 Å². The van der Waals surface area contributed by atoms with Gasteiger partial charge in [-0.1, -0.05) is 69.4 Å². The first kappa shape index (κ1) is 100. The smallest absolute Gasteiger partial charge is 0.329 e. The van der Waals surface area contributed by atoms with Gasteiger partial charge in [0.2, 0.25) is 17.6 Å². The van der Waals surface area contributed by atoms with Gasteiger partial charge in [-0.15, -0.1) is 5.10 Å². The topological polar surface area (TPSA) is 487 Å². The number of methoxy groups -OCH3 is 2. The Bertz CT molecular complexity index is 4360. The van der Waals surface area contributed by atoms with Crippen LogP contribution < -0.4 is 27.8 Å². The van der Waals surface area contributed by atoms with Gasteiger partial charge in [-0.05, 0) is 151 Å². The lowest BCUT2D eigenvalue weighted by atomic mass is 9.80. The summed E-state index contributed by atoms with van der Waals surface area (Å²) in [5.41, 5.74) is 24.1.